The lowest BCUT2D eigenvalue weighted by Crippen LogP contribution is -2.36. The van der Waals surface area contributed by atoms with Crippen LogP contribution in [0.5, 0.6) is 0 Å². The lowest BCUT2D eigenvalue weighted by atomic mass is 10.3. The predicted molar refractivity (Wildman–Crippen MR) is 58.9 cm³/mol. The van der Waals surface area contributed by atoms with Crippen molar-refractivity contribution in [2.75, 3.05) is 13.1 Å². The smallest absolute Gasteiger partial charge is 0.321 e. The van der Waals surface area contributed by atoms with Gasteiger partial charge in [-0.15, -0.1) is 0 Å². The Balaban J connectivity index is 1.88. The van der Waals surface area contributed by atoms with Gasteiger partial charge in [0, 0.05) is 19.3 Å². The van der Waals surface area contributed by atoms with Crippen LogP contribution in [0.3, 0.4) is 0 Å². The van der Waals surface area contributed by atoms with Crippen LogP contribution in [-0.4, -0.2) is 35.0 Å². The molecule has 0 radical (unpaired) electrons. The zero-order valence-corrected chi connectivity index (χ0v) is 9.56. The van der Waals surface area contributed by atoms with Crippen LogP contribution in [0.1, 0.15) is 23.2 Å². The van der Waals surface area contributed by atoms with E-state index in [1.807, 2.05) is 5.48 Å². The van der Waals surface area contributed by atoms with Gasteiger partial charge in [0.15, 0.2) is 0 Å². The van der Waals surface area contributed by atoms with Crippen molar-refractivity contribution in [1.29, 1.82) is 0 Å². The molecule has 0 aromatic carbocycles. The quantitative estimate of drug-likeness (QED) is 0.601. The second-order valence-electron chi connectivity index (χ2n) is 3.84. The molecule has 1 aromatic rings. The minimum absolute atomic E-state index is 0.272. The average Bonchev–Trinajstić information content (AvgIpc) is 2.90. The van der Waals surface area contributed by atoms with E-state index >= 15 is 0 Å². The van der Waals surface area contributed by atoms with Gasteiger partial charge in [-0.1, -0.05) is 0 Å². The van der Waals surface area contributed by atoms with E-state index in [1.54, 1.807) is 0 Å². The number of amides is 2. The van der Waals surface area contributed by atoms with E-state index in [4.69, 9.17) is 0 Å². The number of pyridine rings is 1. The highest BCUT2D eigenvalue weighted by atomic mass is 19.1. The van der Waals surface area contributed by atoms with Gasteiger partial charge in [0.2, 0.25) is 5.95 Å². The molecule has 1 aliphatic heterocycles. The summed E-state index contributed by atoms with van der Waals surface area (Å²) in [4.78, 5) is 32.3. The van der Waals surface area contributed by atoms with Crippen molar-refractivity contribution in [3.05, 3.63) is 29.8 Å². The van der Waals surface area contributed by atoms with Crippen LogP contribution in [0.2, 0.25) is 0 Å². The lowest BCUT2D eigenvalue weighted by Gasteiger charge is -2.14. The molecule has 2 rings (SSSR count). The van der Waals surface area contributed by atoms with Crippen LogP contribution in [0.25, 0.3) is 0 Å². The van der Waals surface area contributed by atoms with Gasteiger partial charge in [0.05, 0.1) is 5.56 Å². The topological polar surface area (TPSA) is 71.5 Å². The molecule has 2 amide bonds. The maximum absolute atomic E-state index is 13.1. The molecule has 1 aromatic heterocycles. The molecule has 1 N–H and O–H groups in total. The molecule has 96 valence electrons. The van der Waals surface area contributed by atoms with Gasteiger partial charge < -0.3 is 9.74 Å². The summed E-state index contributed by atoms with van der Waals surface area (Å²) >= 11 is 0. The largest absolute Gasteiger partial charge is 0.434 e. The third-order valence-corrected chi connectivity index (χ3v) is 2.60. The zero-order valence-electron chi connectivity index (χ0n) is 9.56. The third-order valence-electron chi connectivity index (χ3n) is 2.60. The molecule has 18 heavy (non-hydrogen) atoms. The molecule has 1 saturated heterocycles. The summed E-state index contributed by atoms with van der Waals surface area (Å²) in [6, 6.07) is 2.67. The zero-order chi connectivity index (χ0) is 13.0. The highest BCUT2D eigenvalue weighted by Gasteiger charge is 2.21. The normalized spacial score (nSPS) is 14.4. The van der Waals surface area contributed by atoms with Crippen LogP contribution < -0.4 is 5.48 Å². The minimum Gasteiger partial charge on any atom is -0.321 e. The van der Waals surface area contributed by atoms with Crippen LogP contribution in [0.15, 0.2) is 18.3 Å². The molecule has 0 saturated carbocycles. The summed E-state index contributed by atoms with van der Waals surface area (Å²) in [7, 11) is 0. The first-order valence-corrected chi connectivity index (χ1v) is 5.55. The van der Waals surface area contributed by atoms with E-state index in [1.165, 1.54) is 23.2 Å². The fourth-order valence-corrected chi connectivity index (χ4v) is 1.66. The number of carbonyl (C=O) groups excluding carboxylic acids is 2. The first-order valence-electron chi connectivity index (χ1n) is 5.55. The van der Waals surface area contributed by atoms with E-state index in [0.29, 0.717) is 13.1 Å². The molecular weight excluding hydrogens is 241 g/mol. The number of nitrogens with zero attached hydrogens (tertiary/aromatic N) is 2. The molecular formula is C11H12FN3O3. The summed E-state index contributed by atoms with van der Waals surface area (Å²) in [5, 5.41) is 0. The van der Waals surface area contributed by atoms with Gasteiger partial charge in [-0.2, -0.15) is 9.87 Å². The highest BCUT2D eigenvalue weighted by Crippen LogP contribution is 2.08. The van der Waals surface area contributed by atoms with Gasteiger partial charge in [-0.3, -0.25) is 4.79 Å². The van der Waals surface area contributed by atoms with Crippen molar-refractivity contribution in [3.8, 4) is 0 Å². The fourth-order valence-electron chi connectivity index (χ4n) is 1.66. The van der Waals surface area contributed by atoms with Crippen LogP contribution in [-0.2, 0) is 4.84 Å². The fraction of sp³-hybridized carbons (Fsp3) is 0.364. The Morgan fingerprint density at radius 2 is 2.11 bits per heavy atom. The number of likely N-dealkylation sites (tertiary alicyclic amines) is 1. The molecule has 0 bridgehead atoms. The average molecular weight is 253 g/mol. The number of aromatic nitrogens is 1. The number of hydrogen-bond acceptors (Lipinski definition) is 4. The van der Waals surface area contributed by atoms with E-state index in [9.17, 15) is 14.0 Å². The number of halogens is 1. The molecule has 0 unspecified atom stereocenters. The molecule has 2 heterocycles. The number of nitrogens with one attached hydrogen (secondary N) is 1. The van der Waals surface area contributed by atoms with Crippen molar-refractivity contribution < 1.29 is 18.8 Å². The standard InChI is InChI=1S/C11H12FN3O3/c12-9-8(4-3-5-13-9)10(16)14-18-11(17)15-6-1-2-7-15/h3-5H,1-2,6-7H2,(H,14,16). The monoisotopic (exact) mass is 253 g/mol. The molecule has 1 aliphatic rings. The number of hydroxylamine groups is 1. The lowest BCUT2D eigenvalue weighted by molar-refractivity contribution is 0.0446. The number of hydrogen-bond donors (Lipinski definition) is 1. The number of rotatable bonds is 1. The predicted octanol–water partition coefficient (Wildman–Crippen LogP) is 1.10. The summed E-state index contributed by atoms with van der Waals surface area (Å²) in [5.74, 6) is -1.75. The maximum Gasteiger partial charge on any atom is 0.434 e. The van der Waals surface area contributed by atoms with Crippen molar-refractivity contribution in [2.45, 2.75) is 12.8 Å². The van der Waals surface area contributed by atoms with Crippen molar-refractivity contribution in [2.24, 2.45) is 0 Å². The van der Waals surface area contributed by atoms with Crippen molar-refractivity contribution >= 4 is 12.0 Å². The van der Waals surface area contributed by atoms with Crippen LogP contribution >= 0.6 is 0 Å². The summed E-state index contributed by atoms with van der Waals surface area (Å²) < 4.78 is 13.1. The molecule has 0 aliphatic carbocycles. The van der Waals surface area contributed by atoms with Gasteiger partial charge in [0.25, 0.3) is 5.91 Å². The van der Waals surface area contributed by atoms with Crippen LogP contribution in [0, 0.1) is 5.95 Å². The molecule has 0 spiro atoms. The van der Waals surface area contributed by atoms with Gasteiger partial charge in [-0.25, -0.2) is 9.78 Å². The van der Waals surface area contributed by atoms with E-state index in [0.717, 1.165) is 12.8 Å². The number of carbonyl (C=O) groups is 2. The first-order chi connectivity index (χ1) is 8.68. The second kappa shape index (κ2) is 5.44. The van der Waals surface area contributed by atoms with E-state index < -0.39 is 17.9 Å². The first kappa shape index (κ1) is 12.3. The molecule has 7 heteroatoms. The Hall–Kier alpha value is -2.18. The summed E-state index contributed by atoms with van der Waals surface area (Å²) in [5.41, 5.74) is 1.63. The maximum atomic E-state index is 13.1. The van der Waals surface area contributed by atoms with Crippen LogP contribution in [0.4, 0.5) is 9.18 Å². The summed E-state index contributed by atoms with van der Waals surface area (Å²) in [6.45, 7) is 1.21. The molecule has 6 nitrogen and oxygen atoms in total. The van der Waals surface area contributed by atoms with E-state index in [-0.39, 0.29) is 5.56 Å². The Morgan fingerprint density at radius 1 is 1.39 bits per heavy atom. The van der Waals surface area contributed by atoms with E-state index in [2.05, 4.69) is 9.82 Å². The Kier molecular flexibility index (Phi) is 3.71. The third kappa shape index (κ3) is 2.73. The molecule has 1 fully saturated rings. The van der Waals surface area contributed by atoms with Gasteiger partial charge in [-0.05, 0) is 25.0 Å². The van der Waals surface area contributed by atoms with Crippen molar-refractivity contribution in [1.82, 2.24) is 15.4 Å². The SMILES string of the molecule is O=C(NOC(=O)N1CCCC1)c1cccnc1F. The van der Waals surface area contributed by atoms with Gasteiger partial charge >= 0.3 is 6.09 Å². The minimum atomic E-state index is -0.910. The Labute approximate surface area is 103 Å². The molecule has 0 atom stereocenters. The highest BCUT2D eigenvalue weighted by molar-refractivity contribution is 5.94. The summed E-state index contributed by atoms with van der Waals surface area (Å²) in [6.07, 6.45) is 2.42. The Bertz CT molecular complexity index is 461. The van der Waals surface area contributed by atoms with Gasteiger partial charge in [0.1, 0.15) is 0 Å². The van der Waals surface area contributed by atoms with Crippen molar-refractivity contribution in [3.63, 3.8) is 0 Å². The second-order valence-corrected chi connectivity index (χ2v) is 3.84. The Morgan fingerprint density at radius 3 is 2.78 bits per heavy atom.